The SMILES string of the molecule is Cn1cc(NC(N)=O)cc(Cl)c1=O. The first-order valence-corrected chi connectivity index (χ1v) is 3.81. The fourth-order valence-corrected chi connectivity index (χ4v) is 1.13. The first-order chi connectivity index (χ1) is 6.00. The molecule has 0 spiro atoms. The Labute approximate surface area is 79.1 Å². The minimum absolute atomic E-state index is 0.0359. The predicted octanol–water partition coefficient (Wildman–Crippen LogP) is 0.529. The predicted molar refractivity (Wildman–Crippen MR) is 49.9 cm³/mol. The molecule has 1 aromatic heterocycles. The molecule has 1 aromatic rings. The van der Waals surface area contributed by atoms with Crippen molar-refractivity contribution >= 4 is 23.3 Å². The third-order valence-electron chi connectivity index (χ3n) is 1.41. The fraction of sp³-hybridized carbons (Fsp3) is 0.143. The second kappa shape index (κ2) is 3.49. The summed E-state index contributed by atoms with van der Waals surface area (Å²) in [6.07, 6.45) is 1.43. The van der Waals surface area contributed by atoms with Crippen LogP contribution in [0.5, 0.6) is 0 Å². The Balaban J connectivity index is 3.13. The Kier molecular flexibility index (Phi) is 2.57. The van der Waals surface area contributed by atoms with E-state index in [9.17, 15) is 9.59 Å². The monoisotopic (exact) mass is 201 g/mol. The molecule has 3 N–H and O–H groups in total. The lowest BCUT2D eigenvalue weighted by molar-refractivity contribution is 0.259. The van der Waals surface area contributed by atoms with Crippen LogP contribution in [0, 0.1) is 0 Å². The van der Waals surface area contributed by atoms with Gasteiger partial charge in [0.1, 0.15) is 5.02 Å². The van der Waals surface area contributed by atoms with Crippen molar-refractivity contribution in [1.82, 2.24) is 4.57 Å². The molecule has 0 radical (unpaired) electrons. The molecule has 0 aliphatic carbocycles. The molecular formula is C7H8ClN3O2. The highest BCUT2D eigenvalue weighted by molar-refractivity contribution is 6.30. The average Bonchev–Trinajstić information content (AvgIpc) is 1.98. The van der Waals surface area contributed by atoms with Gasteiger partial charge in [0.2, 0.25) is 0 Å². The van der Waals surface area contributed by atoms with Crippen LogP contribution in [0.2, 0.25) is 5.02 Å². The molecule has 0 saturated carbocycles. The van der Waals surface area contributed by atoms with Crippen molar-refractivity contribution in [3.8, 4) is 0 Å². The summed E-state index contributed by atoms with van der Waals surface area (Å²) in [7, 11) is 1.53. The highest BCUT2D eigenvalue weighted by atomic mass is 35.5. The molecule has 70 valence electrons. The topological polar surface area (TPSA) is 77.1 Å². The van der Waals surface area contributed by atoms with Gasteiger partial charge in [-0.15, -0.1) is 0 Å². The van der Waals surface area contributed by atoms with E-state index in [4.69, 9.17) is 17.3 Å². The Morgan fingerprint density at radius 3 is 2.77 bits per heavy atom. The zero-order valence-corrected chi connectivity index (χ0v) is 7.63. The molecule has 0 saturated heterocycles. The van der Waals surface area contributed by atoms with Crippen molar-refractivity contribution in [3.63, 3.8) is 0 Å². The number of nitrogens with one attached hydrogen (secondary N) is 1. The molecule has 0 aliphatic heterocycles. The molecular weight excluding hydrogens is 194 g/mol. The van der Waals surface area contributed by atoms with Gasteiger partial charge in [0, 0.05) is 13.2 Å². The maximum Gasteiger partial charge on any atom is 0.316 e. The van der Waals surface area contributed by atoms with E-state index >= 15 is 0 Å². The number of hydrogen-bond donors (Lipinski definition) is 2. The Bertz CT molecular complexity index is 373. The maximum atomic E-state index is 11.1. The Hall–Kier alpha value is -1.49. The number of nitrogens with zero attached hydrogens (tertiary/aromatic N) is 1. The molecule has 6 heteroatoms. The number of amides is 2. The van der Waals surface area contributed by atoms with Crippen molar-refractivity contribution in [2.24, 2.45) is 12.8 Å². The summed E-state index contributed by atoms with van der Waals surface area (Å²) in [5.41, 5.74) is 4.95. The number of aryl methyl sites for hydroxylation is 1. The number of aromatic nitrogens is 1. The van der Waals surface area contributed by atoms with E-state index in [1.807, 2.05) is 0 Å². The van der Waals surface area contributed by atoms with Crippen LogP contribution in [0.15, 0.2) is 17.1 Å². The van der Waals surface area contributed by atoms with Gasteiger partial charge < -0.3 is 15.6 Å². The Morgan fingerprint density at radius 1 is 1.69 bits per heavy atom. The Morgan fingerprint density at radius 2 is 2.31 bits per heavy atom. The normalized spacial score (nSPS) is 9.69. The summed E-state index contributed by atoms with van der Waals surface area (Å²) in [6.45, 7) is 0. The van der Waals surface area contributed by atoms with E-state index in [0.717, 1.165) is 0 Å². The lowest BCUT2D eigenvalue weighted by Crippen LogP contribution is -2.22. The number of primary amides is 1. The zero-order valence-electron chi connectivity index (χ0n) is 6.87. The van der Waals surface area contributed by atoms with Gasteiger partial charge in [0.25, 0.3) is 5.56 Å². The lowest BCUT2D eigenvalue weighted by atomic mass is 10.4. The third-order valence-corrected chi connectivity index (χ3v) is 1.68. The van der Waals surface area contributed by atoms with Crippen LogP contribution < -0.4 is 16.6 Å². The first kappa shape index (κ1) is 9.60. The van der Waals surface area contributed by atoms with E-state index in [1.165, 1.54) is 23.9 Å². The van der Waals surface area contributed by atoms with Crippen molar-refractivity contribution < 1.29 is 4.79 Å². The minimum atomic E-state index is -0.699. The molecule has 0 bridgehead atoms. The second-order valence-corrected chi connectivity index (χ2v) is 2.89. The van der Waals surface area contributed by atoms with Gasteiger partial charge in [-0.25, -0.2) is 4.79 Å². The minimum Gasteiger partial charge on any atom is -0.351 e. The molecule has 5 nitrogen and oxygen atoms in total. The highest BCUT2D eigenvalue weighted by Gasteiger charge is 2.02. The summed E-state index contributed by atoms with van der Waals surface area (Å²) in [6, 6.07) is 0.643. The van der Waals surface area contributed by atoms with Gasteiger partial charge in [0.05, 0.1) is 5.69 Å². The molecule has 0 aliphatic rings. The smallest absolute Gasteiger partial charge is 0.316 e. The van der Waals surface area contributed by atoms with Crippen molar-refractivity contribution in [2.45, 2.75) is 0 Å². The van der Waals surface area contributed by atoms with Crippen LogP contribution in [-0.2, 0) is 7.05 Å². The third kappa shape index (κ3) is 2.22. The van der Waals surface area contributed by atoms with Crippen LogP contribution in [0.3, 0.4) is 0 Å². The summed E-state index contributed by atoms with van der Waals surface area (Å²) in [5.74, 6) is 0. The second-order valence-electron chi connectivity index (χ2n) is 2.48. The molecule has 1 rings (SSSR count). The first-order valence-electron chi connectivity index (χ1n) is 3.43. The van der Waals surface area contributed by atoms with Gasteiger partial charge in [-0.2, -0.15) is 0 Å². The zero-order chi connectivity index (χ0) is 10.0. The quantitative estimate of drug-likeness (QED) is 0.695. The maximum absolute atomic E-state index is 11.1. The van der Waals surface area contributed by atoms with Crippen LogP contribution >= 0.6 is 11.6 Å². The number of anilines is 1. The highest BCUT2D eigenvalue weighted by Crippen LogP contribution is 2.09. The molecule has 13 heavy (non-hydrogen) atoms. The number of nitrogens with two attached hydrogens (primary N) is 1. The molecule has 2 amide bonds. The number of rotatable bonds is 1. The van der Waals surface area contributed by atoms with Crippen LogP contribution in [0.1, 0.15) is 0 Å². The van der Waals surface area contributed by atoms with Crippen LogP contribution in [-0.4, -0.2) is 10.6 Å². The summed E-state index contributed by atoms with van der Waals surface area (Å²) < 4.78 is 1.26. The van der Waals surface area contributed by atoms with Crippen molar-refractivity contribution in [1.29, 1.82) is 0 Å². The van der Waals surface area contributed by atoms with E-state index in [0.29, 0.717) is 5.69 Å². The van der Waals surface area contributed by atoms with E-state index in [1.54, 1.807) is 0 Å². The number of urea groups is 1. The largest absolute Gasteiger partial charge is 0.351 e. The fourth-order valence-electron chi connectivity index (χ4n) is 0.882. The molecule has 0 fully saturated rings. The molecule has 0 atom stereocenters. The number of hydrogen-bond acceptors (Lipinski definition) is 2. The van der Waals surface area contributed by atoms with E-state index in [-0.39, 0.29) is 10.6 Å². The summed E-state index contributed by atoms with van der Waals surface area (Å²) in [4.78, 5) is 21.6. The molecule has 1 heterocycles. The summed E-state index contributed by atoms with van der Waals surface area (Å²) in [5, 5.41) is 2.34. The number of carbonyl (C=O) groups excluding carboxylic acids is 1. The van der Waals surface area contributed by atoms with Crippen molar-refractivity contribution in [3.05, 3.63) is 27.6 Å². The van der Waals surface area contributed by atoms with Gasteiger partial charge in [-0.3, -0.25) is 4.79 Å². The van der Waals surface area contributed by atoms with E-state index in [2.05, 4.69) is 5.32 Å². The molecule has 0 aromatic carbocycles. The average molecular weight is 202 g/mol. The van der Waals surface area contributed by atoms with Gasteiger partial charge >= 0.3 is 6.03 Å². The van der Waals surface area contributed by atoms with Crippen LogP contribution in [0.4, 0.5) is 10.5 Å². The molecule has 0 unspecified atom stereocenters. The van der Waals surface area contributed by atoms with Crippen molar-refractivity contribution in [2.75, 3.05) is 5.32 Å². The number of halogens is 1. The number of pyridine rings is 1. The van der Waals surface area contributed by atoms with E-state index < -0.39 is 6.03 Å². The number of carbonyl (C=O) groups is 1. The van der Waals surface area contributed by atoms with Crippen LogP contribution in [0.25, 0.3) is 0 Å². The van der Waals surface area contributed by atoms with Gasteiger partial charge in [-0.1, -0.05) is 11.6 Å². The lowest BCUT2D eigenvalue weighted by Gasteiger charge is -2.04. The van der Waals surface area contributed by atoms with Gasteiger partial charge in [0.15, 0.2) is 0 Å². The van der Waals surface area contributed by atoms with Gasteiger partial charge in [-0.05, 0) is 6.07 Å². The summed E-state index contributed by atoms with van der Waals surface area (Å²) >= 11 is 5.58. The standard InChI is InChI=1S/C7H8ClN3O2/c1-11-3-4(10-7(9)13)2-5(8)6(11)12/h2-3H,1H3,(H3,9,10,13).